The van der Waals surface area contributed by atoms with Crippen LogP contribution in [-0.4, -0.2) is 36.7 Å². The first-order valence-electron chi connectivity index (χ1n) is 8.77. The molecule has 0 radical (unpaired) electrons. The maximum Gasteiger partial charge on any atom is 0.243 e. The van der Waals surface area contributed by atoms with Crippen molar-refractivity contribution < 1.29 is 13.2 Å². The lowest BCUT2D eigenvalue weighted by Crippen LogP contribution is -2.41. The van der Waals surface area contributed by atoms with E-state index in [-0.39, 0.29) is 16.7 Å². The molecule has 1 N–H and O–H groups in total. The summed E-state index contributed by atoms with van der Waals surface area (Å²) in [6, 6.07) is 8.51. The fourth-order valence-electron chi connectivity index (χ4n) is 3.18. The average molecular weight is 408 g/mol. The standard InChI is InChI=1S/C19H22ClN3O3S/c1-13-5-8-21-18(11-13)22-19(24)15-6-9-23(10-7-15)27(25,26)17-12-16(20)4-3-14(17)2/h3-5,8,11-12,15H,6-7,9-10H2,1-2H3,(H,21,22,24). The summed E-state index contributed by atoms with van der Waals surface area (Å²) in [5.74, 6) is 0.160. The number of nitrogens with zero attached hydrogens (tertiary/aromatic N) is 2. The third kappa shape index (κ3) is 4.48. The molecule has 0 bridgehead atoms. The van der Waals surface area contributed by atoms with Gasteiger partial charge >= 0.3 is 0 Å². The largest absolute Gasteiger partial charge is 0.310 e. The maximum atomic E-state index is 12.9. The number of nitrogens with one attached hydrogen (secondary N) is 1. The number of benzene rings is 1. The second-order valence-corrected chi connectivity index (χ2v) is 9.14. The van der Waals surface area contributed by atoms with Crippen molar-refractivity contribution in [3.8, 4) is 0 Å². The van der Waals surface area contributed by atoms with Gasteiger partial charge in [-0.05, 0) is 62.1 Å². The van der Waals surface area contributed by atoms with Crippen LogP contribution in [0.5, 0.6) is 0 Å². The van der Waals surface area contributed by atoms with Gasteiger partial charge < -0.3 is 5.32 Å². The van der Waals surface area contributed by atoms with Crippen molar-refractivity contribution >= 4 is 33.3 Å². The number of halogens is 1. The Balaban J connectivity index is 1.66. The highest BCUT2D eigenvalue weighted by Crippen LogP contribution is 2.28. The molecule has 1 aliphatic heterocycles. The molecule has 1 fully saturated rings. The number of piperidine rings is 1. The van der Waals surface area contributed by atoms with E-state index in [1.807, 2.05) is 13.0 Å². The second kappa shape index (κ2) is 7.96. The van der Waals surface area contributed by atoms with Crippen molar-refractivity contribution in [2.75, 3.05) is 18.4 Å². The third-order valence-corrected chi connectivity index (χ3v) is 7.04. The molecule has 0 atom stereocenters. The van der Waals surface area contributed by atoms with Crippen LogP contribution in [0.15, 0.2) is 41.4 Å². The van der Waals surface area contributed by atoms with Crippen molar-refractivity contribution in [2.45, 2.75) is 31.6 Å². The molecule has 0 aliphatic carbocycles. The van der Waals surface area contributed by atoms with E-state index in [0.717, 1.165) is 5.56 Å². The average Bonchev–Trinajstić information content (AvgIpc) is 2.63. The first kappa shape index (κ1) is 19.8. The van der Waals surface area contributed by atoms with Crippen molar-refractivity contribution in [3.63, 3.8) is 0 Å². The SMILES string of the molecule is Cc1ccnc(NC(=O)C2CCN(S(=O)(=O)c3cc(Cl)ccc3C)CC2)c1. The van der Waals surface area contributed by atoms with Gasteiger partial charge in [0.25, 0.3) is 0 Å². The molecule has 1 aromatic carbocycles. The summed E-state index contributed by atoms with van der Waals surface area (Å²) < 4.78 is 27.3. The normalized spacial score (nSPS) is 16.3. The molecule has 2 heterocycles. The van der Waals surface area contributed by atoms with Gasteiger partial charge in [0.05, 0.1) is 4.90 Å². The number of rotatable bonds is 4. The maximum absolute atomic E-state index is 12.9. The van der Waals surface area contributed by atoms with E-state index in [0.29, 0.717) is 42.3 Å². The van der Waals surface area contributed by atoms with Crippen LogP contribution in [0.25, 0.3) is 0 Å². The van der Waals surface area contributed by atoms with Gasteiger partial charge in [0.15, 0.2) is 0 Å². The number of sulfonamides is 1. The van der Waals surface area contributed by atoms with Gasteiger partial charge in [-0.2, -0.15) is 4.31 Å². The van der Waals surface area contributed by atoms with Crippen LogP contribution < -0.4 is 5.32 Å². The number of aryl methyl sites for hydroxylation is 2. The molecule has 3 rings (SSSR count). The van der Waals surface area contributed by atoms with Crippen LogP contribution in [0, 0.1) is 19.8 Å². The third-order valence-electron chi connectivity index (χ3n) is 4.76. The number of pyridine rings is 1. The van der Waals surface area contributed by atoms with Gasteiger partial charge in [0.2, 0.25) is 15.9 Å². The van der Waals surface area contributed by atoms with Crippen molar-refractivity contribution in [1.29, 1.82) is 0 Å². The molecule has 0 saturated carbocycles. The van der Waals surface area contributed by atoms with Crippen LogP contribution in [0.3, 0.4) is 0 Å². The molecule has 0 unspecified atom stereocenters. The number of anilines is 1. The van der Waals surface area contributed by atoms with Crippen LogP contribution in [0.1, 0.15) is 24.0 Å². The Hall–Kier alpha value is -1.96. The van der Waals surface area contributed by atoms with Gasteiger partial charge in [0, 0.05) is 30.2 Å². The summed E-state index contributed by atoms with van der Waals surface area (Å²) in [5, 5.41) is 3.21. The Morgan fingerprint density at radius 2 is 1.89 bits per heavy atom. The number of hydrogen-bond donors (Lipinski definition) is 1. The minimum absolute atomic E-state index is 0.121. The Morgan fingerprint density at radius 3 is 2.56 bits per heavy atom. The summed E-state index contributed by atoms with van der Waals surface area (Å²) in [5.41, 5.74) is 1.67. The first-order chi connectivity index (χ1) is 12.8. The fourth-order valence-corrected chi connectivity index (χ4v) is 5.14. The van der Waals surface area contributed by atoms with Crippen molar-refractivity contribution in [1.82, 2.24) is 9.29 Å². The minimum atomic E-state index is -3.62. The zero-order valence-electron chi connectivity index (χ0n) is 15.3. The van der Waals surface area contributed by atoms with Gasteiger partial charge in [0.1, 0.15) is 5.82 Å². The van der Waals surface area contributed by atoms with Crippen molar-refractivity contribution in [3.05, 3.63) is 52.7 Å². The number of hydrogen-bond acceptors (Lipinski definition) is 4. The fraction of sp³-hybridized carbons (Fsp3) is 0.368. The molecule has 0 spiro atoms. The number of carbonyl (C=O) groups is 1. The van der Waals surface area contributed by atoms with Crippen LogP contribution >= 0.6 is 11.6 Å². The lowest BCUT2D eigenvalue weighted by atomic mass is 9.97. The Kier molecular flexibility index (Phi) is 5.83. The van der Waals surface area contributed by atoms with Crippen LogP contribution in [0.2, 0.25) is 5.02 Å². The number of amides is 1. The number of carbonyl (C=O) groups excluding carboxylic acids is 1. The Bertz CT molecular complexity index is 954. The van der Waals surface area contributed by atoms with Crippen molar-refractivity contribution in [2.24, 2.45) is 5.92 Å². The van der Waals surface area contributed by atoms with E-state index < -0.39 is 10.0 Å². The topological polar surface area (TPSA) is 79.4 Å². The van der Waals surface area contributed by atoms with E-state index in [4.69, 9.17) is 11.6 Å². The summed E-state index contributed by atoms with van der Waals surface area (Å²) in [6.07, 6.45) is 2.58. The molecular weight excluding hydrogens is 386 g/mol. The quantitative estimate of drug-likeness (QED) is 0.842. The molecule has 144 valence electrons. The van der Waals surface area contributed by atoms with Gasteiger partial charge in [-0.3, -0.25) is 4.79 Å². The Labute approximate surface area is 164 Å². The highest BCUT2D eigenvalue weighted by Gasteiger charge is 2.33. The van der Waals surface area contributed by atoms with E-state index in [2.05, 4.69) is 10.3 Å². The van der Waals surface area contributed by atoms with E-state index in [1.54, 1.807) is 31.3 Å². The molecule has 1 aliphatic rings. The van der Waals surface area contributed by atoms with E-state index >= 15 is 0 Å². The first-order valence-corrected chi connectivity index (χ1v) is 10.6. The van der Waals surface area contributed by atoms with E-state index in [1.165, 1.54) is 10.4 Å². The highest BCUT2D eigenvalue weighted by atomic mass is 35.5. The summed E-state index contributed by atoms with van der Waals surface area (Å²) in [7, 11) is -3.62. The summed E-state index contributed by atoms with van der Waals surface area (Å²) in [6.45, 7) is 4.28. The lowest BCUT2D eigenvalue weighted by molar-refractivity contribution is -0.120. The monoisotopic (exact) mass is 407 g/mol. The molecule has 1 saturated heterocycles. The second-order valence-electron chi connectivity index (χ2n) is 6.80. The molecule has 2 aromatic rings. The zero-order valence-corrected chi connectivity index (χ0v) is 16.8. The predicted octanol–water partition coefficient (Wildman–Crippen LogP) is 3.39. The molecule has 8 heteroatoms. The van der Waals surface area contributed by atoms with Gasteiger partial charge in [-0.1, -0.05) is 17.7 Å². The summed E-state index contributed by atoms with van der Waals surface area (Å²) in [4.78, 5) is 16.8. The molecule has 27 heavy (non-hydrogen) atoms. The molecular formula is C19H22ClN3O3S. The molecule has 1 aromatic heterocycles. The van der Waals surface area contributed by atoms with Gasteiger partial charge in [-0.25, -0.2) is 13.4 Å². The molecule has 6 nitrogen and oxygen atoms in total. The number of aromatic nitrogens is 1. The smallest absolute Gasteiger partial charge is 0.243 e. The van der Waals surface area contributed by atoms with Crippen LogP contribution in [-0.2, 0) is 14.8 Å². The van der Waals surface area contributed by atoms with Crippen LogP contribution in [0.4, 0.5) is 5.82 Å². The predicted molar refractivity (Wildman–Crippen MR) is 105 cm³/mol. The molecule has 1 amide bonds. The minimum Gasteiger partial charge on any atom is -0.310 e. The zero-order chi connectivity index (χ0) is 19.6. The lowest BCUT2D eigenvalue weighted by Gasteiger charge is -2.30. The van der Waals surface area contributed by atoms with E-state index in [9.17, 15) is 13.2 Å². The summed E-state index contributed by atoms with van der Waals surface area (Å²) >= 11 is 5.97. The van der Waals surface area contributed by atoms with Gasteiger partial charge in [-0.15, -0.1) is 0 Å². The Morgan fingerprint density at radius 1 is 1.19 bits per heavy atom. The highest BCUT2D eigenvalue weighted by molar-refractivity contribution is 7.89.